The van der Waals surface area contributed by atoms with Crippen LogP contribution >= 0.6 is 0 Å². The Bertz CT molecular complexity index is 310. The van der Waals surface area contributed by atoms with Gasteiger partial charge in [0.25, 0.3) is 0 Å². The molecule has 0 aliphatic heterocycles. The van der Waals surface area contributed by atoms with Crippen molar-refractivity contribution in [1.29, 1.82) is 5.26 Å². The highest BCUT2D eigenvalue weighted by Gasteiger charge is 2.40. The fraction of sp³-hybridized carbons (Fsp3) is 0.938. The molecule has 0 aromatic rings. The standard InChI is InChI=1S/C16H32N4/c1-5-9-18-16(14-17)8-7-15(13-16)20(10-6-2)12-11-19(3)4/h15,18H,5-13H2,1-4H3. The minimum atomic E-state index is -0.273. The van der Waals surface area contributed by atoms with Crippen LogP contribution in [0.25, 0.3) is 0 Å². The average molecular weight is 280 g/mol. The molecule has 1 rings (SSSR count). The fourth-order valence-electron chi connectivity index (χ4n) is 3.09. The van der Waals surface area contributed by atoms with Crippen LogP contribution in [0, 0.1) is 11.3 Å². The Kier molecular flexibility index (Phi) is 7.50. The number of rotatable bonds is 9. The van der Waals surface area contributed by atoms with Crippen molar-refractivity contribution in [1.82, 2.24) is 15.1 Å². The second kappa shape index (κ2) is 8.61. The largest absolute Gasteiger partial charge is 0.308 e. The van der Waals surface area contributed by atoms with Crippen molar-refractivity contribution in [2.45, 2.75) is 57.5 Å². The summed E-state index contributed by atoms with van der Waals surface area (Å²) in [7, 11) is 4.25. The number of nitrogens with zero attached hydrogens (tertiary/aromatic N) is 3. The zero-order valence-corrected chi connectivity index (χ0v) is 13.8. The molecule has 0 spiro atoms. The van der Waals surface area contributed by atoms with Gasteiger partial charge in [-0.25, -0.2) is 0 Å². The van der Waals surface area contributed by atoms with Crippen LogP contribution in [0.2, 0.25) is 0 Å². The second-order valence-electron chi connectivity index (χ2n) is 6.36. The molecule has 20 heavy (non-hydrogen) atoms. The zero-order valence-electron chi connectivity index (χ0n) is 13.8. The molecule has 1 aliphatic rings. The summed E-state index contributed by atoms with van der Waals surface area (Å²) in [6.07, 6.45) is 5.41. The quantitative estimate of drug-likeness (QED) is 0.702. The lowest BCUT2D eigenvalue weighted by molar-refractivity contribution is 0.175. The van der Waals surface area contributed by atoms with E-state index in [1.165, 1.54) is 6.42 Å². The van der Waals surface area contributed by atoms with Crippen molar-refractivity contribution in [3.05, 3.63) is 0 Å². The summed E-state index contributed by atoms with van der Waals surface area (Å²) in [5, 5.41) is 13.0. The van der Waals surface area contributed by atoms with E-state index in [1.807, 2.05) is 0 Å². The highest BCUT2D eigenvalue weighted by atomic mass is 15.2. The zero-order chi connectivity index (χ0) is 15.0. The summed E-state index contributed by atoms with van der Waals surface area (Å²) in [6, 6.07) is 3.12. The lowest BCUT2D eigenvalue weighted by Gasteiger charge is -2.31. The van der Waals surface area contributed by atoms with Gasteiger partial charge < -0.3 is 4.90 Å². The molecule has 4 nitrogen and oxygen atoms in total. The van der Waals surface area contributed by atoms with E-state index in [0.29, 0.717) is 6.04 Å². The van der Waals surface area contributed by atoms with E-state index in [9.17, 15) is 5.26 Å². The number of hydrogen-bond acceptors (Lipinski definition) is 4. The van der Waals surface area contributed by atoms with Crippen molar-refractivity contribution in [2.75, 3.05) is 40.3 Å². The number of hydrogen-bond donors (Lipinski definition) is 1. The maximum Gasteiger partial charge on any atom is 0.108 e. The molecule has 1 saturated carbocycles. The first-order chi connectivity index (χ1) is 9.56. The molecule has 1 fully saturated rings. The van der Waals surface area contributed by atoms with Gasteiger partial charge >= 0.3 is 0 Å². The Morgan fingerprint density at radius 3 is 2.50 bits per heavy atom. The van der Waals surface area contributed by atoms with E-state index in [4.69, 9.17) is 0 Å². The van der Waals surface area contributed by atoms with E-state index >= 15 is 0 Å². The Balaban J connectivity index is 2.58. The third-order valence-corrected chi connectivity index (χ3v) is 4.28. The molecule has 1 N–H and O–H groups in total. The smallest absolute Gasteiger partial charge is 0.108 e. The van der Waals surface area contributed by atoms with Crippen LogP contribution < -0.4 is 5.32 Å². The van der Waals surface area contributed by atoms with Gasteiger partial charge in [-0.1, -0.05) is 13.8 Å². The highest BCUT2D eigenvalue weighted by molar-refractivity contribution is 5.13. The third kappa shape index (κ3) is 5.05. The third-order valence-electron chi connectivity index (χ3n) is 4.28. The molecular formula is C16H32N4. The Labute approximate surface area is 125 Å². The van der Waals surface area contributed by atoms with E-state index < -0.39 is 0 Å². The summed E-state index contributed by atoms with van der Waals surface area (Å²) in [6.45, 7) is 8.70. The first-order valence-corrected chi connectivity index (χ1v) is 8.12. The van der Waals surface area contributed by atoms with Gasteiger partial charge in [0.2, 0.25) is 0 Å². The van der Waals surface area contributed by atoms with Crippen LogP contribution in [0.3, 0.4) is 0 Å². The Morgan fingerprint density at radius 1 is 1.20 bits per heavy atom. The first-order valence-electron chi connectivity index (χ1n) is 8.12. The summed E-state index contributed by atoms with van der Waals surface area (Å²) >= 11 is 0. The van der Waals surface area contributed by atoms with Crippen LogP contribution in [-0.2, 0) is 0 Å². The molecule has 0 saturated heterocycles. The summed E-state index contributed by atoms with van der Waals surface area (Å²) in [5.41, 5.74) is -0.273. The van der Waals surface area contributed by atoms with Gasteiger partial charge in [0.15, 0.2) is 0 Å². The molecule has 0 aromatic heterocycles. The SMILES string of the molecule is CCCNC1(C#N)CCC(N(CCC)CCN(C)C)C1. The predicted octanol–water partition coefficient (Wildman–Crippen LogP) is 2.07. The molecule has 0 aromatic carbocycles. The number of nitrogens with one attached hydrogen (secondary N) is 1. The summed E-state index contributed by atoms with van der Waals surface area (Å²) in [4.78, 5) is 4.83. The second-order valence-corrected chi connectivity index (χ2v) is 6.36. The summed E-state index contributed by atoms with van der Waals surface area (Å²) < 4.78 is 0. The first kappa shape index (κ1) is 17.4. The van der Waals surface area contributed by atoms with E-state index in [-0.39, 0.29) is 5.54 Å². The molecule has 116 valence electrons. The van der Waals surface area contributed by atoms with Gasteiger partial charge in [-0.2, -0.15) is 5.26 Å². The fourth-order valence-corrected chi connectivity index (χ4v) is 3.09. The normalized spacial score (nSPS) is 26.4. The van der Waals surface area contributed by atoms with Crippen LogP contribution in [0.4, 0.5) is 0 Å². The van der Waals surface area contributed by atoms with Crippen molar-refractivity contribution < 1.29 is 0 Å². The number of nitriles is 1. The van der Waals surface area contributed by atoms with Gasteiger partial charge in [0.05, 0.1) is 6.07 Å². The molecule has 0 radical (unpaired) electrons. The van der Waals surface area contributed by atoms with Gasteiger partial charge in [0, 0.05) is 19.1 Å². The van der Waals surface area contributed by atoms with E-state index in [2.05, 4.69) is 49.1 Å². The van der Waals surface area contributed by atoms with Crippen molar-refractivity contribution in [3.63, 3.8) is 0 Å². The average Bonchev–Trinajstić information content (AvgIpc) is 2.86. The molecular weight excluding hydrogens is 248 g/mol. The Hall–Kier alpha value is -0.630. The molecule has 0 heterocycles. The maximum absolute atomic E-state index is 9.55. The molecule has 2 unspecified atom stereocenters. The maximum atomic E-state index is 9.55. The molecule has 1 aliphatic carbocycles. The van der Waals surface area contributed by atoms with Crippen molar-refractivity contribution in [2.24, 2.45) is 0 Å². The predicted molar refractivity (Wildman–Crippen MR) is 84.7 cm³/mol. The van der Waals surface area contributed by atoms with Crippen molar-refractivity contribution in [3.8, 4) is 6.07 Å². The van der Waals surface area contributed by atoms with Crippen LogP contribution in [0.1, 0.15) is 46.0 Å². The monoisotopic (exact) mass is 280 g/mol. The molecule has 0 bridgehead atoms. The van der Waals surface area contributed by atoms with Crippen LogP contribution in [0.15, 0.2) is 0 Å². The van der Waals surface area contributed by atoms with Crippen LogP contribution in [0.5, 0.6) is 0 Å². The highest BCUT2D eigenvalue weighted by Crippen LogP contribution is 2.32. The minimum absolute atomic E-state index is 0.273. The summed E-state index contributed by atoms with van der Waals surface area (Å²) in [5.74, 6) is 0. The number of likely N-dealkylation sites (N-methyl/N-ethyl adjacent to an activating group) is 1. The van der Waals surface area contributed by atoms with E-state index in [1.54, 1.807) is 0 Å². The Morgan fingerprint density at radius 2 is 1.95 bits per heavy atom. The van der Waals surface area contributed by atoms with Gasteiger partial charge in [-0.05, 0) is 59.3 Å². The van der Waals surface area contributed by atoms with Gasteiger partial charge in [0.1, 0.15) is 5.54 Å². The lowest BCUT2D eigenvalue weighted by Crippen LogP contribution is -2.45. The topological polar surface area (TPSA) is 42.3 Å². The van der Waals surface area contributed by atoms with Crippen molar-refractivity contribution >= 4 is 0 Å². The van der Waals surface area contributed by atoms with Gasteiger partial charge in [-0.15, -0.1) is 0 Å². The van der Waals surface area contributed by atoms with Crippen LogP contribution in [-0.4, -0.2) is 61.7 Å². The molecule has 4 heteroatoms. The minimum Gasteiger partial charge on any atom is -0.308 e. The van der Waals surface area contributed by atoms with Gasteiger partial charge in [-0.3, -0.25) is 10.2 Å². The molecule has 0 amide bonds. The molecule has 2 atom stereocenters. The van der Waals surface area contributed by atoms with E-state index in [0.717, 1.165) is 51.9 Å². The lowest BCUT2D eigenvalue weighted by atomic mass is 9.99.